The molecule has 5 rings (SSSR count). The van der Waals surface area contributed by atoms with Crippen LogP contribution in [0.2, 0.25) is 0 Å². The molecule has 1 aliphatic carbocycles. The van der Waals surface area contributed by atoms with Gasteiger partial charge in [0.15, 0.2) is 0 Å². The van der Waals surface area contributed by atoms with E-state index in [0.717, 1.165) is 75.1 Å². The first kappa shape index (κ1) is 25.1. The molecule has 1 amide bonds. The van der Waals surface area contributed by atoms with E-state index in [1.165, 1.54) is 27.0 Å². The van der Waals surface area contributed by atoms with Crippen LogP contribution < -0.4 is 10.0 Å². The SMILES string of the molecule is C.Cc1ccc2c(c1)CCc1cc(Br)c[n+](O)c1C2N1CCN(C(=O)CC2CCNCC2)CC1. The Kier molecular flexibility index (Phi) is 7.95. The van der Waals surface area contributed by atoms with Gasteiger partial charge in [0, 0.05) is 42.9 Å². The van der Waals surface area contributed by atoms with Gasteiger partial charge in [-0.3, -0.25) is 14.9 Å². The molecule has 2 aliphatic heterocycles. The van der Waals surface area contributed by atoms with Crippen molar-refractivity contribution in [3.8, 4) is 0 Å². The standard InChI is InChI=1S/C26H34BrN4O2.CH4/c1-18-2-5-23-20(14-18)3-4-21-16-22(27)17-31(33)25(21)26(23)30-12-10-29(11-13-30)24(32)15-19-6-8-28-9-7-19;/h2,5,14,16-17,19,26,28,33H,3-4,6-13,15H2,1H3;1H4/q+1;. The summed E-state index contributed by atoms with van der Waals surface area (Å²) in [5.41, 5.74) is 6.03. The first-order valence-corrected chi connectivity index (χ1v) is 13.0. The highest BCUT2D eigenvalue weighted by molar-refractivity contribution is 9.10. The molecule has 3 heterocycles. The molecule has 7 heteroatoms. The number of aryl methyl sites for hydroxylation is 3. The molecule has 34 heavy (non-hydrogen) atoms. The average molecular weight is 531 g/mol. The number of carbonyl (C=O) groups is 1. The zero-order valence-electron chi connectivity index (χ0n) is 19.4. The Hall–Kier alpha value is -1.96. The van der Waals surface area contributed by atoms with E-state index in [4.69, 9.17) is 0 Å². The second-order valence-corrected chi connectivity index (χ2v) is 10.7. The summed E-state index contributed by atoms with van der Waals surface area (Å²) in [6.07, 6.45) is 6.49. The minimum Gasteiger partial charge on any atom is -0.340 e. The van der Waals surface area contributed by atoms with Crippen molar-refractivity contribution in [1.29, 1.82) is 0 Å². The Balaban J connectivity index is 0.00000274. The number of piperazine rings is 1. The first-order chi connectivity index (χ1) is 16.0. The van der Waals surface area contributed by atoms with Crippen LogP contribution in [0.15, 0.2) is 34.9 Å². The van der Waals surface area contributed by atoms with Crippen molar-refractivity contribution in [2.45, 2.75) is 52.5 Å². The number of halogens is 1. The Bertz CT molecular complexity index is 1030. The molecule has 1 atom stereocenters. The molecule has 184 valence electrons. The molecular weight excluding hydrogens is 492 g/mol. The molecule has 0 spiro atoms. The van der Waals surface area contributed by atoms with Crippen LogP contribution in [0.25, 0.3) is 0 Å². The molecule has 2 N–H and O–H groups in total. The number of rotatable bonds is 3. The van der Waals surface area contributed by atoms with Crippen LogP contribution in [0, 0.1) is 12.8 Å². The summed E-state index contributed by atoms with van der Waals surface area (Å²) in [6.45, 7) is 7.32. The van der Waals surface area contributed by atoms with Crippen molar-refractivity contribution < 1.29 is 14.7 Å². The summed E-state index contributed by atoms with van der Waals surface area (Å²) in [5, 5.41) is 14.3. The maximum atomic E-state index is 13.0. The van der Waals surface area contributed by atoms with E-state index in [1.54, 1.807) is 6.20 Å². The van der Waals surface area contributed by atoms with Crippen LogP contribution in [0.1, 0.15) is 60.7 Å². The highest BCUT2D eigenvalue weighted by Gasteiger charge is 2.39. The van der Waals surface area contributed by atoms with Crippen LogP contribution in [0.5, 0.6) is 0 Å². The molecule has 1 unspecified atom stereocenters. The number of benzene rings is 1. The number of pyridine rings is 1. The minimum atomic E-state index is -0.0159. The summed E-state index contributed by atoms with van der Waals surface area (Å²) in [5.74, 6) is 0.826. The summed E-state index contributed by atoms with van der Waals surface area (Å²) in [6, 6.07) is 8.84. The molecule has 1 aromatic heterocycles. The number of piperidine rings is 1. The van der Waals surface area contributed by atoms with Crippen molar-refractivity contribution in [2.24, 2.45) is 5.92 Å². The fourth-order valence-corrected chi connectivity index (χ4v) is 6.28. The fourth-order valence-electron chi connectivity index (χ4n) is 5.81. The van der Waals surface area contributed by atoms with Gasteiger partial charge >= 0.3 is 0 Å². The maximum Gasteiger partial charge on any atom is 0.258 e. The van der Waals surface area contributed by atoms with Gasteiger partial charge in [-0.1, -0.05) is 31.2 Å². The normalized spacial score (nSPS) is 21.2. The predicted molar refractivity (Wildman–Crippen MR) is 137 cm³/mol. The van der Waals surface area contributed by atoms with Crippen molar-refractivity contribution in [2.75, 3.05) is 39.3 Å². The lowest BCUT2D eigenvalue weighted by atomic mass is 9.93. The van der Waals surface area contributed by atoms with Gasteiger partial charge in [-0.25, -0.2) is 0 Å². The van der Waals surface area contributed by atoms with Gasteiger partial charge in [0.25, 0.3) is 5.69 Å². The van der Waals surface area contributed by atoms with Crippen LogP contribution in [-0.2, 0) is 17.6 Å². The van der Waals surface area contributed by atoms with Crippen molar-refractivity contribution in [1.82, 2.24) is 15.1 Å². The molecular formula is C27H38BrN4O2+. The quantitative estimate of drug-likeness (QED) is 0.470. The van der Waals surface area contributed by atoms with Gasteiger partial charge < -0.3 is 10.2 Å². The molecule has 0 saturated carbocycles. The number of fused-ring (bicyclic) bond motifs is 2. The van der Waals surface area contributed by atoms with E-state index in [2.05, 4.69) is 62.2 Å². The molecule has 2 aromatic rings. The Labute approximate surface area is 212 Å². The molecule has 2 fully saturated rings. The Morgan fingerprint density at radius 2 is 1.82 bits per heavy atom. The number of hydrogen-bond donors (Lipinski definition) is 2. The summed E-state index contributed by atoms with van der Waals surface area (Å²) in [4.78, 5) is 17.5. The van der Waals surface area contributed by atoms with E-state index in [1.807, 2.05) is 0 Å². The summed E-state index contributed by atoms with van der Waals surface area (Å²) >= 11 is 3.55. The number of nitrogens with zero attached hydrogens (tertiary/aromatic N) is 3. The van der Waals surface area contributed by atoms with Crippen molar-refractivity contribution >= 4 is 21.8 Å². The van der Waals surface area contributed by atoms with Gasteiger partial charge in [0.1, 0.15) is 6.04 Å². The zero-order chi connectivity index (χ0) is 22.9. The van der Waals surface area contributed by atoms with Crippen LogP contribution in [0.4, 0.5) is 0 Å². The van der Waals surface area contributed by atoms with Crippen LogP contribution in [0.3, 0.4) is 0 Å². The third kappa shape index (κ3) is 5.16. The monoisotopic (exact) mass is 529 g/mol. The Morgan fingerprint density at radius 3 is 2.56 bits per heavy atom. The fraction of sp³-hybridized carbons (Fsp3) is 0.556. The number of hydrogen-bond acceptors (Lipinski definition) is 4. The van der Waals surface area contributed by atoms with E-state index in [0.29, 0.717) is 18.2 Å². The van der Waals surface area contributed by atoms with Crippen molar-refractivity contribution in [3.05, 3.63) is 62.9 Å². The van der Waals surface area contributed by atoms with Gasteiger partial charge in [-0.2, -0.15) is 0 Å². The largest absolute Gasteiger partial charge is 0.340 e. The first-order valence-electron chi connectivity index (χ1n) is 12.2. The lowest BCUT2D eigenvalue weighted by Crippen LogP contribution is -2.52. The lowest BCUT2D eigenvalue weighted by Gasteiger charge is -2.39. The summed E-state index contributed by atoms with van der Waals surface area (Å²) in [7, 11) is 0. The lowest BCUT2D eigenvalue weighted by molar-refractivity contribution is -0.911. The van der Waals surface area contributed by atoms with Crippen LogP contribution >= 0.6 is 15.9 Å². The molecule has 6 nitrogen and oxygen atoms in total. The smallest absolute Gasteiger partial charge is 0.258 e. The second-order valence-electron chi connectivity index (χ2n) is 9.83. The maximum absolute atomic E-state index is 13.0. The minimum absolute atomic E-state index is 0. The molecule has 2 saturated heterocycles. The summed E-state index contributed by atoms with van der Waals surface area (Å²) < 4.78 is 2.20. The van der Waals surface area contributed by atoms with Crippen molar-refractivity contribution in [3.63, 3.8) is 0 Å². The number of carbonyl (C=O) groups excluding carboxylic acids is 1. The van der Waals surface area contributed by atoms with Gasteiger partial charge in [0.2, 0.25) is 12.1 Å². The number of nitrogens with one attached hydrogen (secondary N) is 1. The highest BCUT2D eigenvalue weighted by atomic mass is 79.9. The Morgan fingerprint density at radius 1 is 1.12 bits per heavy atom. The molecule has 0 bridgehead atoms. The number of aromatic nitrogens is 1. The van der Waals surface area contributed by atoms with E-state index in [-0.39, 0.29) is 13.5 Å². The number of amides is 1. The van der Waals surface area contributed by atoms with Gasteiger partial charge in [-0.15, -0.1) is 0 Å². The predicted octanol–water partition coefficient (Wildman–Crippen LogP) is 3.64. The molecule has 0 radical (unpaired) electrons. The molecule has 1 aromatic carbocycles. The van der Waals surface area contributed by atoms with Gasteiger partial charge in [-0.05, 0) is 84.7 Å². The second kappa shape index (κ2) is 10.8. The molecule has 3 aliphatic rings. The van der Waals surface area contributed by atoms with E-state index in [9.17, 15) is 10.0 Å². The highest BCUT2D eigenvalue weighted by Crippen LogP contribution is 2.36. The average Bonchev–Trinajstić information content (AvgIpc) is 2.96. The van der Waals surface area contributed by atoms with Crippen LogP contribution in [-0.4, -0.2) is 60.2 Å². The van der Waals surface area contributed by atoms with E-state index >= 15 is 0 Å². The zero-order valence-corrected chi connectivity index (χ0v) is 21.0. The van der Waals surface area contributed by atoms with Gasteiger partial charge in [0.05, 0.1) is 4.47 Å². The topological polar surface area (TPSA) is 59.7 Å². The third-order valence-electron chi connectivity index (χ3n) is 7.60. The third-order valence-corrected chi connectivity index (χ3v) is 8.04. The van der Waals surface area contributed by atoms with E-state index < -0.39 is 0 Å².